The van der Waals surface area contributed by atoms with E-state index < -0.39 is 0 Å². The van der Waals surface area contributed by atoms with Gasteiger partial charge < -0.3 is 23.7 Å². The van der Waals surface area contributed by atoms with E-state index in [2.05, 4.69) is 4.90 Å². The molecule has 3 aliphatic rings. The van der Waals surface area contributed by atoms with Crippen molar-refractivity contribution < 1.29 is 18.7 Å². The maximum absolute atomic E-state index is 12.8. The molecule has 5 rings (SSSR count). The standard InChI is InChI=1S/C19H23N3O4S/c1-13-2-3-14(26-13)17(23)22-5-4-19(11-22)12-25-10-15-16(19)20-18(27-15)21-6-8-24-9-7-21/h2-3H,4-12H2,1H3. The Morgan fingerprint density at radius 3 is 2.85 bits per heavy atom. The van der Waals surface area contributed by atoms with Gasteiger partial charge in [-0.1, -0.05) is 11.3 Å². The van der Waals surface area contributed by atoms with Crippen molar-refractivity contribution in [3.8, 4) is 0 Å². The van der Waals surface area contributed by atoms with Gasteiger partial charge in [0, 0.05) is 26.2 Å². The number of carbonyl (C=O) groups is 1. The number of anilines is 1. The van der Waals surface area contributed by atoms with Crippen LogP contribution in [0.1, 0.15) is 33.3 Å². The summed E-state index contributed by atoms with van der Waals surface area (Å²) in [7, 11) is 0. The van der Waals surface area contributed by atoms with Gasteiger partial charge in [-0.15, -0.1) is 0 Å². The lowest BCUT2D eigenvalue weighted by Gasteiger charge is -2.32. The molecule has 2 fully saturated rings. The van der Waals surface area contributed by atoms with Gasteiger partial charge in [0.2, 0.25) is 0 Å². The van der Waals surface area contributed by atoms with Gasteiger partial charge in [-0.25, -0.2) is 4.98 Å². The summed E-state index contributed by atoms with van der Waals surface area (Å²) in [6.07, 6.45) is 0.873. The lowest BCUT2D eigenvalue weighted by molar-refractivity contribution is 0.0505. The molecule has 1 spiro atoms. The Labute approximate surface area is 161 Å². The summed E-state index contributed by atoms with van der Waals surface area (Å²) >= 11 is 1.72. The number of amides is 1. The summed E-state index contributed by atoms with van der Waals surface area (Å²) in [6, 6.07) is 3.58. The van der Waals surface area contributed by atoms with E-state index in [0.717, 1.165) is 49.3 Å². The van der Waals surface area contributed by atoms with Crippen LogP contribution in [0.25, 0.3) is 0 Å². The fourth-order valence-electron chi connectivity index (χ4n) is 4.21. The van der Waals surface area contributed by atoms with Crippen LogP contribution >= 0.6 is 11.3 Å². The highest BCUT2D eigenvalue weighted by atomic mass is 32.1. The first-order valence-electron chi connectivity index (χ1n) is 9.41. The molecule has 1 atom stereocenters. The molecule has 0 saturated carbocycles. The monoisotopic (exact) mass is 389 g/mol. The van der Waals surface area contributed by atoms with Crippen LogP contribution in [-0.4, -0.2) is 61.8 Å². The third-order valence-corrected chi connectivity index (χ3v) is 6.76. The van der Waals surface area contributed by atoms with Crippen molar-refractivity contribution >= 4 is 22.4 Å². The van der Waals surface area contributed by atoms with Crippen LogP contribution in [0.3, 0.4) is 0 Å². The number of aromatic nitrogens is 1. The van der Waals surface area contributed by atoms with Crippen LogP contribution in [0, 0.1) is 6.92 Å². The van der Waals surface area contributed by atoms with E-state index >= 15 is 0 Å². The average molecular weight is 389 g/mol. The normalized spacial score (nSPS) is 25.2. The molecular formula is C19H23N3O4S. The van der Waals surface area contributed by atoms with Gasteiger partial charge in [0.25, 0.3) is 5.91 Å². The average Bonchev–Trinajstić information content (AvgIpc) is 3.41. The minimum absolute atomic E-state index is 0.0456. The van der Waals surface area contributed by atoms with E-state index in [9.17, 15) is 4.79 Å². The molecule has 5 heterocycles. The lowest BCUT2D eigenvalue weighted by Crippen LogP contribution is -2.41. The van der Waals surface area contributed by atoms with Crippen molar-refractivity contribution in [3.05, 3.63) is 34.2 Å². The van der Waals surface area contributed by atoms with Gasteiger partial charge >= 0.3 is 0 Å². The molecule has 1 amide bonds. The molecule has 1 unspecified atom stereocenters. The molecule has 0 aliphatic carbocycles. The van der Waals surface area contributed by atoms with E-state index in [-0.39, 0.29) is 11.3 Å². The second-order valence-electron chi connectivity index (χ2n) is 7.53. The van der Waals surface area contributed by atoms with Gasteiger partial charge in [0.15, 0.2) is 10.9 Å². The van der Waals surface area contributed by atoms with Crippen molar-refractivity contribution in [1.82, 2.24) is 9.88 Å². The fourth-order valence-corrected chi connectivity index (χ4v) is 5.38. The smallest absolute Gasteiger partial charge is 0.289 e. The molecule has 0 N–H and O–H groups in total. The van der Waals surface area contributed by atoms with Crippen molar-refractivity contribution in [1.29, 1.82) is 0 Å². The second kappa shape index (κ2) is 6.61. The first kappa shape index (κ1) is 17.2. The number of nitrogens with zero attached hydrogens (tertiary/aromatic N) is 3. The SMILES string of the molecule is Cc1ccc(C(=O)N2CCC3(COCc4sc(N5CCOCC5)nc43)C2)o1. The largest absolute Gasteiger partial charge is 0.456 e. The Kier molecular flexibility index (Phi) is 4.22. The molecule has 2 aromatic rings. The van der Waals surface area contributed by atoms with E-state index in [1.807, 2.05) is 17.9 Å². The third-order valence-electron chi connectivity index (χ3n) is 5.67. The van der Waals surface area contributed by atoms with Crippen LogP contribution in [0.2, 0.25) is 0 Å². The van der Waals surface area contributed by atoms with Gasteiger partial charge in [-0.05, 0) is 25.5 Å². The molecule has 0 radical (unpaired) electrons. The van der Waals surface area contributed by atoms with E-state index in [0.29, 0.717) is 32.1 Å². The molecule has 3 aliphatic heterocycles. The zero-order chi connectivity index (χ0) is 18.4. The van der Waals surface area contributed by atoms with Crippen molar-refractivity contribution in [2.45, 2.75) is 25.4 Å². The summed E-state index contributed by atoms with van der Waals surface area (Å²) in [5.41, 5.74) is 0.928. The summed E-state index contributed by atoms with van der Waals surface area (Å²) in [6.45, 7) is 7.67. The molecule has 7 nitrogen and oxygen atoms in total. The van der Waals surface area contributed by atoms with Crippen LogP contribution in [0.5, 0.6) is 0 Å². The number of likely N-dealkylation sites (tertiary alicyclic amines) is 1. The number of ether oxygens (including phenoxy) is 2. The van der Waals surface area contributed by atoms with E-state index in [4.69, 9.17) is 18.9 Å². The van der Waals surface area contributed by atoms with Crippen LogP contribution < -0.4 is 4.90 Å². The first-order valence-corrected chi connectivity index (χ1v) is 10.2. The highest BCUT2D eigenvalue weighted by Gasteiger charge is 2.47. The van der Waals surface area contributed by atoms with Crippen LogP contribution in [0.4, 0.5) is 5.13 Å². The number of furan rings is 1. The molecule has 144 valence electrons. The molecule has 0 aromatic carbocycles. The number of fused-ring (bicyclic) bond motifs is 2. The maximum Gasteiger partial charge on any atom is 0.289 e. The van der Waals surface area contributed by atoms with Crippen LogP contribution in [0.15, 0.2) is 16.5 Å². The predicted molar refractivity (Wildman–Crippen MR) is 100 cm³/mol. The van der Waals surface area contributed by atoms with Gasteiger partial charge in [0.05, 0.1) is 42.4 Å². The quantitative estimate of drug-likeness (QED) is 0.784. The third kappa shape index (κ3) is 2.96. The van der Waals surface area contributed by atoms with E-state index in [1.165, 1.54) is 4.88 Å². The second-order valence-corrected chi connectivity index (χ2v) is 8.59. The van der Waals surface area contributed by atoms with Gasteiger partial charge in [0.1, 0.15) is 5.76 Å². The topological polar surface area (TPSA) is 68.0 Å². The number of hydrogen-bond donors (Lipinski definition) is 0. The highest BCUT2D eigenvalue weighted by molar-refractivity contribution is 7.15. The number of morpholine rings is 1. The minimum Gasteiger partial charge on any atom is -0.456 e. The molecule has 2 aromatic heterocycles. The zero-order valence-electron chi connectivity index (χ0n) is 15.4. The Hall–Kier alpha value is -1.90. The molecule has 0 bridgehead atoms. The fraction of sp³-hybridized carbons (Fsp3) is 0.579. The summed E-state index contributed by atoms with van der Waals surface area (Å²) in [5, 5.41) is 1.06. The van der Waals surface area contributed by atoms with Crippen LogP contribution in [-0.2, 0) is 21.5 Å². The van der Waals surface area contributed by atoms with Gasteiger partial charge in [-0.2, -0.15) is 0 Å². The number of thiazole rings is 1. The molecule has 8 heteroatoms. The first-order chi connectivity index (χ1) is 13.1. The Morgan fingerprint density at radius 2 is 2.07 bits per heavy atom. The Balaban J connectivity index is 1.40. The number of hydrogen-bond acceptors (Lipinski definition) is 7. The zero-order valence-corrected chi connectivity index (χ0v) is 16.2. The summed E-state index contributed by atoms with van der Waals surface area (Å²) in [5.74, 6) is 1.12. The number of rotatable bonds is 2. The molecular weight excluding hydrogens is 366 g/mol. The molecule has 2 saturated heterocycles. The minimum atomic E-state index is -0.202. The maximum atomic E-state index is 12.8. The highest BCUT2D eigenvalue weighted by Crippen LogP contribution is 2.43. The van der Waals surface area contributed by atoms with Crippen molar-refractivity contribution in [2.24, 2.45) is 0 Å². The summed E-state index contributed by atoms with van der Waals surface area (Å²) < 4.78 is 16.9. The number of aryl methyl sites for hydroxylation is 1. The predicted octanol–water partition coefficient (Wildman–Crippen LogP) is 2.20. The van der Waals surface area contributed by atoms with E-state index in [1.54, 1.807) is 17.4 Å². The molecule has 27 heavy (non-hydrogen) atoms. The number of carbonyl (C=O) groups excluding carboxylic acids is 1. The van der Waals surface area contributed by atoms with Gasteiger partial charge in [-0.3, -0.25) is 4.79 Å². The summed E-state index contributed by atoms with van der Waals surface area (Å²) in [4.78, 5) is 23.2. The van der Waals surface area contributed by atoms with Crippen molar-refractivity contribution in [2.75, 3.05) is 50.9 Å². The lowest BCUT2D eigenvalue weighted by atomic mass is 9.82. The Bertz CT molecular complexity index is 857. The van der Waals surface area contributed by atoms with Crippen molar-refractivity contribution in [3.63, 3.8) is 0 Å². The Morgan fingerprint density at radius 1 is 1.22 bits per heavy atom.